The van der Waals surface area contributed by atoms with E-state index in [4.69, 9.17) is 4.74 Å². The number of allylic oxidation sites excluding steroid dienone is 3. The maximum atomic E-state index is 11.9. The molecule has 0 unspecified atom stereocenters. The van der Waals surface area contributed by atoms with E-state index in [1.165, 1.54) is 5.57 Å². The number of hydrogen-bond acceptors (Lipinski definition) is 2. The lowest BCUT2D eigenvalue weighted by Gasteiger charge is -2.20. The Bertz CT molecular complexity index is 434. The van der Waals surface area contributed by atoms with E-state index in [-0.39, 0.29) is 17.5 Å². The number of carbonyl (C=O) groups is 1. The number of carbonyl (C=O) groups excluding carboxylic acids is 1. The molecule has 0 amide bonds. The number of Topliss-reactive ketones (excluding diaryl/α,β-unsaturated/α-hetero) is 1. The fourth-order valence-corrected chi connectivity index (χ4v) is 3.75. The second kappa shape index (κ2) is 4.06. The van der Waals surface area contributed by atoms with Crippen molar-refractivity contribution in [2.75, 3.05) is 0 Å². The molecule has 1 saturated carbocycles. The third kappa shape index (κ3) is 1.87. The third-order valence-electron chi connectivity index (χ3n) is 5.06. The molecule has 1 heterocycles. The standard InChI is InChI=1S/C16H22O2/c1-10-5-4-8-16(3)15(18-16)13-9-14(17)11(2)12(13)7-6-10/h5,12-13,15H,2,4,6-9H2,1,3H3/b10-5-/t12-,13+,15+,16+/m1/s1. The minimum atomic E-state index is 0.0158. The van der Waals surface area contributed by atoms with Gasteiger partial charge in [-0.2, -0.15) is 0 Å². The van der Waals surface area contributed by atoms with Crippen LogP contribution in [-0.4, -0.2) is 17.5 Å². The number of ether oxygens (including phenoxy) is 1. The van der Waals surface area contributed by atoms with E-state index in [1.807, 2.05) is 0 Å². The van der Waals surface area contributed by atoms with E-state index in [1.54, 1.807) is 0 Å². The van der Waals surface area contributed by atoms with E-state index >= 15 is 0 Å². The molecular weight excluding hydrogens is 224 g/mol. The highest BCUT2D eigenvalue weighted by Gasteiger charge is 2.59. The average molecular weight is 246 g/mol. The molecule has 0 spiro atoms. The molecule has 0 radical (unpaired) electrons. The molecule has 3 aliphatic rings. The molecule has 4 atom stereocenters. The molecule has 0 N–H and O–H groups in total. The van der Waals surface area contributed by atoms with Crippen LogP contribution in [-0.2, 0) is 9.53 Å². The monoisotopic (exact) mass is 246 g/mol. The summed E-state index contributed by atoms with van der Waals surface area (Å²) in [6.07, 6.45) is 7.63. The first-order valence-corrected chi connectivity index (χ1v) is 7.07. The van der Waals surface area contributed by atoms with Gasteiger partial charge in [-0.3, -0.25) is 4.79 Å². The number of rotatable bonds is 0. The fourth-order valence-electron chi connectivity index (χ4n) is 3.75. The first kappa shape index (κ1) is 12.2. The number of hydrogen-bond donors (Lipinski definition) is 0. The molecule has 0 aromatic rings. The van der Waals surface area contributed by atoms with Crippen LogP contribution in [0.2, 0.25) is 0 Å². The lowest BCUT2D eigenvalue weighted by Crippen LogP contribution is -2.22. The van der Waals surface area contributed by atoms with Gasteiger partial charge in [-0.15, -0.1) is 0 Å². The van der Waals surface area contributed by atoms with Gasteiger partial charge >= 0.3 is 0 Å². The first-order valence-electron chi connectivity index (χ1n) is 7.07. The van der Waals surface area contributed by atoms with Crippen LogP contribution in [0.1, 0.15) is 46.0 Å². The lowest BCUT2D eigenvalue weighted by molar-refractivity contribution is -0.114. The Kier molecular flexibility index (Phi) is 2.74. The van der Waals surface area contributed by atoms with Gasteiger partial charge in [0, 0.05) is 12.3 Å². The van der Waals surface area contributed by atoms with Gasteiger partial charge in [0.25, 0.3) is 0 Å². The van der Waals surface area contributed by atoms with Crippen LogP contribution in [0, 0.1) is 11.8 Å². The normalized spacial score (nSPS) is 47.0. The summed E-state index contributed by atoms with van der Waals surface area (Å²) < 4.78 is 5.96. The van der Waals surface area contributed by atoms with Crippen molar-refractivity contribution < 1.29 is 9.53 Å². The van der Waals surface area contributed by atoms with E-state index in [2.05, 4.69) is 26.5 Å². The SMILES string of the molecule is C=C1C(=O)C[C@H]2[C@@H]1CC/C(C)=C\CC[C@]1(C)O[C@@H]21. The van der Waals surface area contributed by atoms with Gasteiger partial charge in [-0.05, 0) is 51.0 Å². The Labute approximate surface area is 109 Å². The van der Waals surface area contributed by atoms with Gasteiger partial charge in [-0.25, -0.2) is 0 Å². The average Bonchev–Trinajstić information content (AvgIpc) is 2.90. The summed E-state index contributed by atoms with van der Waals surface area (Å²) in [5, 5.41) is 0. The maximum absolute atomic E-state index is 11.9. The summed E-state index contributed by atoms with van der Waals surface area (Å²) in [5.41, 5.74) is 2.32. The number of ketones is 1. The van der Waals surface area contributed by atoms with Crippen LogP contribution < -0.4 is 0 Å². The van der Waals surface area contributed by atoms with Crippen LogP contribution in [0.25, 0.3) is 0 Å². The Balaban J connectivity index is 1.87. The Morgan fingerprint density at radius 1 is 1.50 bits per heavy atom. The molecule has 0 bridgehead atoms. The van der Waals surface area contributed by atoms with Gasteiger partial charge in [0.1, 0.15) is 0 Å². The topological polar surface area (TPSA) is 29.6 Å². The molecule has 18 heavy (non-hydrogen) atoms. The smallest absolute Gasteiger partial charge is 0.158 e. The van der Waals surface area contributed by atoms with Gasteiger partial charge in [-0.1, -0.05) is 18.2 Å². The molecule has 2 nitrogen and oxygen atoms in total. The van der Waals surface area contributed by atoms with Crippen molar-refractivity contribution in [3.05, 3.63) is 23.8 Å². The molecule has 98 valence electrons. The largest absolute Gasteiger partial charge is 0.366 e. The predicted octanol–water partition coefficient (Wildman–Crippen LogP) is 3.43. The minimum Gasteiger partial charge on any atom is -0.366 e. The van der Waals surface area contributed by atoms with Crippen molar-refractivity contribution in [3.8, 4) is 0 Å². The zero-order valence-electron chi connectivity index (χ0n) is 11.4. The molecule has 1 saturated heterocycles. The molecule has 3 rings (SSSR count). The first-order chi connectivity index (χ1) is 8.51. The van der Waals surface area contributed by atoms with E-state index in [0.717, 1.165) is 31.3 Å². The summed E-state index contributed by atoms with van der Waals surface area (Å²) >= 11 is 0. The zero-order chi connectivity index (χ0) is 12.9. The Morgan fingerprint density at radius 2 is 2.28 bits per heavy atom. The van der Waals surface area contributed by atoms with Crippen LogP contribution in [0.15, 0.2) is 23.8 Å². The van der Waals surface area contributed by atoms with Crippen molar-refractivity contribution in [2.45, 2.75) is 57.7 Å². The van der Waals surface area contributed by atoms with Crippen molar-refractivity contribution in [3.63, 3.8) is 0 Å². The molecule has 2 heteroatoms. The summed E-state index contributed by atoms with van der Waals surface area (Å²) in [4.78, 5) is 11.9. The van der Waals surface area contributed by atoms with Gasteiger partial charge in [0.15, 0.2) is 5.78 Å². The molecule has 0 aromatic heterocycles. The lowest BCUT2D eigenvalue weighted by atomic mass is 9.81. The van der Waals surface area contributed by atoms with Crippen molar-refractivity contribution in [1.82, 2.24) is 0 Å². The molecule has 2 aliphatic carbocycles. The van der Waals surface area contributed by atoms with E-state index < -0.39 is 0 Å². The van der Waals surface area contributed by atoms with Crippen molar-refractivity contribution >= 4 is 5.78 Å². The predicted molar refractivity (Wildman–Crippen MR) is 71.2 cm³/mol. The quantitative estimate of drug-likeness (QED) is 0.372. The summed E-state index contributed by atoms with van der Waals surface area (Å²) in [6.45, 7) is 8.42. The summed E-state index contributed by atoms with van der Waals surface area (Å²) in [5.74, 6) is 1.01. The van der Waals surface area contributed by atoms with Crippen LogP contribution in [0.4, 0.5) is 0 Å². The van der Waals surface area contributed by atoms with E-state index in [9.17, 15) is 4.79 Å². The van der Waals surface area contributed by atoms with Crippen LogP contribution in [0.3, 0.4) is 0 Å². The summed E-state index contributed by atoms with van der Waals surface area (Å²) in [6, 6.07) is 0. The molecule has 1 aliphatic heterocycles. The zero-order valence-corrected chi connectivity index (χ0v) is 11.4. The highest BCUT2D eigenvalue weighted by molar-refractivity contribution is 5.98. The van der Waals surface area contributed by atoms with Gasteiger partial charge < -0.3 is 4.74 Å². The summed E-state index contributed by atoms with van der Waals surface area (Å²) in [7, 11) is 0. The van der Waals surface area contributed by atoms with Crippen molar-refractivity contribution in [1.29, 1.82) is 0 Å². The third-order valence-corrected chi connectivity index (χ3v) is 5.06. The Morgan fingerprint density at radius 3 is 3.06 bits per heavy atom. The van der Waals surface area contributed by atoms with Gasteiger partial charge in [0.05, 0.1) is 11.7 Å². The van der Waals surface area contributed by atoms with E-state index in [0.29, 0.717) is 18.3 Å². The molecule has 0 aromatic carbocycles. The number of fused-ring (bicyclic) bond motifs is 3. The van der Waals surface area contributed by atoms with Crippen LogP contribution in [0.5, 0.6) is 0 Å². The van der Waals surface area contributed by atoms with Crippen LogP contribution >= 0.6 is 0 Å². The number of epoxide rings is 1. The maximum Gasteiger partial charge on any atom is 0.158 e. The minimum absolute atomic E-state index is 0.0158. The van der Waals surface area contributed by atoms with Gasteiger partial charge in [0.2, 0.25) is 0 Å². The second-order valence-corrected chi connectivity index (χ2v) is 6.40. The molecular formula is C16H22O2. The highest BCUT2D eigenvalue weighted by atomic mass is 16.6. The molecule has 2 fully saturated rings. The van der Waals surface area contributed by atoms with Crippen molar-refractivity contribution in [2.24, 2.45) is 11.8 Å². The fraction of sp³-hybridized carbons (Fsp3) is 0.688. The Hall–Kier alpha value is -0.890. The highest BCUT2D eigenvalue weighted by Crippen LogP contribution is 2.53. The second-order valence-electron chi connectivity index (χ2n) is 6.40.